The Balaban J connectivity index is 2.12. The van der Waals surface area contributed by atoms with Gasteiger partial charge in [-0.2, -0.15) is 0 Å². The Labute approximate surface area is 142 Å². The highest BCUT2D eigenvalue weighted by Gasteiger charge is 2.38. The van der Waals surface area contributed by atoms with E-state index >= 15 is 0 Å². The first-order valence-electron chi connectivity index (χ1n) is 8.07. The third-order valence-electron chi connectivity index (χ3n) is 4.25. The minimum atomic E-state index is -0.461. The summed E-state index contributed by atoms with van der Waals surface area (Å²) in [4.78, 5) is 39.7. The molecule has 0 spiro atoms. The SMILES string of the molecule is COC(=O)CN(C(=O)C1CC(=O)N(c2ccc(C)cc2)C1)C(C)C. The molecule has 0 radical (unpaired) electrons. The third-order valence-corrected chi connectivity index (χ3v) is 4.25. The lowest BCUT2D eigenvalue weighted by Gasteiger charge is -2.28. The summed E-state index contributed by atoms with van der Waals surface area (Å²) in [6.07, 6.45) is 0.164. The Morgan fingerprint density at radius 1 is 1.29 bits per heavy atom. The molecular weight excluding hydrogens is 308 g/mol. The molecule has 1 fully saturated rings. The standard InChI is InChI=1S/C18H24N2O4/c1-12(2)19(11-17(22)24-4)18(23)14-9-16(21)20(10-14)15-7-5-13(3)6-8-15/h5-8,12,14H,9-11H2,1-4H3. The van der Waals surface area contributed by atoms with Crippen molar-refractivity contribution >= 4 is 23.5 Å². The maximum absolute atomic E-state index is 12.8. The molecule has 0 bridgehead atoms. The summed E-state index contributed by atoms with van der Waals surface area (Å²) in [5.41, 5.74) is 1.91. The van der Waals surface area contributed by atoms with E-state index in [2.05, 4.69) is 4.74 Å². The van der Waals surface area contributed by atoms with Crippen LogP contribution >= 0.6 is 0 Å². The van der Waals surface area contributed by atoms with Crippen molar-refractivity contribution < 1.29 is 19.1 Å². The molecule has 1 unspecified atom stereocenters. The van der Waals surface area contributed by atoms with E-state index in [4.69, 9.17) is 0 Å². The van der Waals surface area contributed by atoms with Crippen molar-refractivity contribution in [3.05, 3.63) is 29.8 Å². The van der Waals surface area contributed by atoms with Crippen molar-refractivity contribution in [2.75, 3.05) is 25.1 Å². The van der Waals surface area contributed by atoms with Crippen LogP contribution in [0.5, 0.6) is 0 Å². The summed E-state index contributed by atoms with van der Waals surface area (Å²) >= 11 is 0. The summed E-state index contributed by atoms with van der Waals surface area (Å²) < 4.78 is 4.66. The summed E-state index contributed by atoms with van der Waals surface area (Å²) in [5.74, 6) is -1.15. The minimum absolute atomic E-state index is 0.0704. The molecule has 0 aliphatic carbocycles. The van der Waals surface area contributed by atoms with Gasteiger partial charge in [0.1, 0.15) is 6.54 Å². The Kier molecular flexibility index (Phi) is 5.59. The van der Waals surface area contributed by atoms with Crippen LogP contribution in [-0.4, -0.2) is 48.9 Å². The first kappa shape index (κ1) is 18.0. The number of carbonyl (C=O) groups excluding carboxylic acids is 3. The molecule has 6 nitrogen and oxygen atoms in total. The van der Waals surface area contributed by atoms with Gasteiger partial charge in [-0.15, -0.1) is 0 Å². The average molecular weight is 332 g/mol. The molecule has 24 heavy (non-hydrogen) atoms. The van der Waals surface area contributed by atoms with Crippen molar-refractivity contribution in [1.29, 1.82) is 0 Å². The maximum atomic E-state index is 12.8. The second kappa shape index (κ2) is 7.47. The van der Waals surface area contributed by atoms with Crippen LogP contribution in [0.4, 0.5) is 5.69 Å². The number of anilines is 1. The minimum Gasteiger partial charge on any atom is -0.468 e. The second-order valence-electron chi connectivity index (χ2n) is 6.38. The molecule has 1 aromatic carbocycles. The number of hydrogen-bond donors (Lipinski definition) is 0. The summed E-state index contributed by atoms with van der Waals surface area (Å²) in [6.45, 7) is 5.91. The zero-order valence-corrected chi connectivity index (χ0v) is 14.6. The molecule has 1 aliphatic heterocycles. The van der Waals surface area contributed by atoms with E-state index in [0.29, 0.717) is 6.54 Å². The van der Waals surface area contributed by atoms with Crippen LogP contribution in [-0.2, 0) is 19.1 Å². The fraction of sp³-hybridized carbons (Fsp3) is 0.500. The lowest BCUT2D eigenvalue weighted by molar-refractivity contribution is -0.149. The highest BCUT2D eigenvalue weighted by atomic mass is 16.5. The molecule has 0 N–H and O–H groups in total. The lowest BCUT2D eigenvalue weighted by Crippen LogP contribution is -2.44. The van der Waals surface area contributed by atoms with Gasteiger partial charge in [-0.05, 0) is 32.9 Å². The van der Waals surface area contributed by atoms with Crippen molar-refractivity contribution in [2.45, 2.75) is 33.2 Å². The second-order valence-corrected chi connectivity index (χ2v) is 6.38. The molecule has 2 rings (SSSR count). The number of amides is 2. The molecular formula is C18H24N2O4. The number of ether oxygens (including phenoxy) is 1. The van der Waals surface area contributed by atoms with E-state index < -0.39 is 11.9 Å². The topological polar surface area (TPSA) is 66.9 Å². The van der Waals surface area contributed by atoms with Gasteiger partial charge in [-0.3, -0.25) is 14.4 Å². The molecule has 130 valence electrons. The lowest BCUT2D eigenvalue weighted by atomic mass is 10.1. The smallest absolute Gasteiger partial charge is 0.325 e. The van der Waals surface area contributed by atoms with Crippen LogP contribution in [0.1, 0.15) is 25.8 Å². The van der Waals surface area contributed by atoms with Gasteiger partial charge in [-0.1, -0.05) is 17.7 Å². The Bertz CT molecular complexity index is 624. The van der Waals surface area contributed by atoms with Crippen molar-refractivity contribution in [3.8, 4) is 0 Å². The number of benzene rings is 1. The van der Waals surface area contributed by atoms with Crippen molar-refractivity contribution in [2.24, 2.45) is 5.92 Å². The summed E-state index contributed by atoms with van der Waals surface area (Å²) in [6, 6.07) is 7.51. The number of methoxy groups -OCH3 is 1. The van der Waals surface area contributed by atoms with Gasteiger partial charge in [0.2, 0.25) is 11.8 Å². The van der Waals surface area contributed by atoms with Crippen LogP contribution in [0.25, 0.3) is 0 Å². The van der Waals surface area contributed by atoms with E-state index in [1.807, 2.05) is 45.0 Å². The predicted octanol–water partition coefficient (Wildman–Crippen LogP) is 1.76. The highest BCUT2D eigenvalue weighted by Crippen LogP contribution is 2.27. The van der Waals surface area contributed by atoms with E-state index in [-0.39, 0.29) is 30.8 Å². The number of carbonyl (C=O) groups is 3. The van der Waals surface area contributed by atoms with E-state index in [0.717, 1.165) is 11.3 Å². The van der Waals surface area contributed by atoms with Crippen LogP contribution < -0.4 is 4.90 Å². The van der Waals surface area contributed by atoms with Crippen LogP contribution in [0.15, 0.2) is 24.3 Å². The number of aryl methyl sites for hydroxylation is 1. The molecule has 1 heterocycles. The fourth-order valence-electron chi connectivity index (χ4n) is 2.80. The molecule has 1 atom stereocenters. The van der Waals surface area contributed by atoms with E-state index in [9.17, 15) is 14.4 Å². The zero-order chi connectivity index (χ0) is 17.9. The molecule has 0 aromatic heterocycles. The molecule has 2 amide bonds. The molecule has 1 aromatic rings. The van der Waals surface area contributed by atoms with Gasteiger partial charge in [0.15, 0.2) is 0 Å². The number of nitrogens with zero attached hydrogens (tertiary/aromatic N) is 2. The largest absolute Gasteiger partial charge is 0.468 e. The van der Waals surface area contributed by atoms with Gasteiger partial charge in [-0.25, -0.2) is 0 Å². The van der Waals surface area contributed by atoms with E-state index in [1.165, 1.54) is 12.0 Å². The number of hydrogen-bond acceptors (Lipinski definition) is 4. The first-order chi connectivity index (χ1) is 11.3. The molecule has 0 saturated carbocycles. The molecule has 1 aliphatic rings. The third kappa shape index (κ3) is 3.93. The van der Waals surface area contributed by atoms with Crippen LogP contribution in [0.2, 0.25) is 0 Å². The highest BCUT2D eigenvalue weighted by molar-refractivity contribution is 6.00. The summed E-state index contributed by atoms with van der Waals surface area (Å²) in [5, 5.41) is 0. The Hall–Kier alpha value is -2.37. The number of esters is 1. The van der Waals surface area contributed by atoms with Crippen molar-refractivity contribution in [1.82, 2.24) is 4.90 Å². The maximum Gasteiger partial charge on any atom is 0.325 e. The first-order valence-corrected chi connectivity index (χ1v) is 8.07. The van der Waals surface area contributed by atoms with Gasteiger partial charge in [0.25, 0.3) is 0 Å². The van der Waals surface area contributed by atoms with E-state index in [1.54, 1.807) is 4.90 Å². The van der Waals surface area contributed by atoms with Crippen molar-refractivity contribution in [3.63, 3.8) is 0 Å². The fourth-order valence-corrected chi connectivity index (χ4v) is 2.80. The summed E-state index contributed by atoms with van der Waals surface area (Å²) in [7, 11) is 1.30. The monoisotopic (exact) mass is 332 g/mol. The quantitative estimate of drug-likeness (QED) is 0.771. The van der Waals surface area contributed by atoms with Gasteiger partial charge >= 0.3 is 5.97 Å². The number of rotatable bonds is 5. The normalized spacial score (nSPS) is 17.3. The molecule has 1 saturated heterocycles. The average Bonchev–Trinajstić information content (AvgIpc) is 2.94. The Morgan fingerprint density at radius 3 is 2.46 bits per heavy atom. The zero-order valence-electron chi connectivity index (χ0n) is 14.6. The van der Waals surface area contributed by atoms with Crippen LogP contribution in [0.3, 0.4) is 0 Å². The predicted molar refractivity (Wildman–Crippen MR) is 90.5 cm³/mol. The molecule has 6 heteroatoms. The van der Waals surface area contributed by atoms with Gasteiger partial charge in [0.05, 0.1) is 13.0 Å². The van der Waals surface area contributed by atoms with Crippen LogP contribution in [0, 0.1) is 12.8 Å². The van der Waals surface area contributed by atoms with Gasteiger partial charge in [0, 0.05) is 24.7 Å². The Morgan fingerprint density at radius 2 is 1.92 bits per heavy atom. The van der Waals surface area contributed by atoms with Gasteiger partial charge < -0.3 is 14.5 Å².